The lowest BCUT2D eigenvalue weighted by Gasteiger charge is -2.31. The van der Waals surface area contributed by atoms with Crippen LogP contribution in [0.25, 0.3) is 0 Å². The molecule has 1 saturated heterocycles. The topological polar surface area (TPSA) is 84.9 Å². The lowest BCUT2D eigenvalue weighted by atomic mass is 9.96. The first-order chi connectivity index (χ1) is 16.2. The van der Waals surface area contributed by atoms with Gasteiger partial charge in [-0.1, -0.05) is 23.8 Å². The number of piperidine rings is 1. The van der Waals surface area contributed by atoms with Crippen LogP contribution in [-0.4, -0.2) is 44.9 Å². The summed E-state index contributed by atoms with van der Waals surface area (Å²) in [5.41, 5.74) is 2.70. The van der Waals surface area contributed by atoms with Crippen molar-refractivity contribution in [3.63, 3.8) is 0 Å². The molecule has 2 aromatic rings. The number of rotatable bonds is 9. The fourth-order valence-corrected chi connectivity index (χ4v) is 6.01. The van der Waals surface area contributed by atoms with Gasteiger partial charge in [0.2, 0.25) is 15.9 Å². The highest BCUT2D eigenvalue weighted by atomic mass is 32.2. The first-order valence-electron chi connectivity index (χ1n) is 11.9. The first kappa shape index (κ1) is 26.0. The van der Waals surface area contributed by atoms with E-state index < -0.39 is 10.0 Å². The van der Waals surface area contributed by atoms with Crippen molar-refractivity contribution >= 4 is 15.9 Å². The number of nitrogens with one attached hydrogen (secondary N) is 1. The number of benzene rings is 2. The Morgan fingerprint density at radius 1 is 1.03 bits per heavy atom. The Hall–Kier alpha value is -2.58. The molecule has 1 aliphatic heterocycles. The zero-order chi connectivity index (χ0) is 24.9. The number of carbonyl (C=O) groups is 1. The number of amides is 1. The van der Waals surface area contributed by atoms with E-state index in [1.165, 1.54) is 4.31 Å². The number of carbonyl (C=O) groups excluding carboxylic acids is 1. The summed E-state index contributed by atoms with van der Waals surface area (Å²) in [6.07, 6.45) is 0.992. The Kier molecular flexibility index (Phi) is 8.60. The zero-order valence-electron chi connectivity index (χ0n) is 20.8. The summed E-state index contributed by atoms with van der Waals surface area (Å²) >= 11 is 0. The molecule has 1 heterocycles. The van der Waals surface area contributed by atoms with E-state index in [4.69, 9.17) is 9.47 Å². The molecule has 0 aliphatic carbocycles. The number of ether oxygens (including phenoxy) is 2. The van der Waals surface area contributed by atoms with E-state index in [1.54, 1.807) is 6.07 Å². The van der Waals surface area contributed by atoms with Crippen molar-refractivity contribution in [2.75, 3.05) is 26.3 Å². The summed E-state index contributed by atoms with van der Waals surface area (Å²) in [5, 5.41) is 3.08. The minimum atomic E-state index is -3.57. The molecule has 34 heavy (non-hydrogen) atoms. The van der Waals surface area contributed by atoms with E-state index in [9.17, 15) is 13.2 Å². The van der Waals surface area contributed by atoms with E-state index in [1.807, 2.05) is 65.0 Å². The van der Waals surface area contributed by atoms with Gasteiger partial charge in [-0.15, -0.1) is 0 Å². The Labute approximate surface area is 203 Å². The molecule has 2 aromatic carbocycles. The van der Waals surface area contributed by atoms with Crippen LogP contribution in [0, 0.1) is 19.8 Å². The third-order valence-electron chi connectivity index (χ3n) is 6.20. The van der Waals surface area contributed by atoms with Crippen LogP contribution in [0.2, 0.25) is 0 Å². The van der Waals surface area contributed by atoms with Crippen molar-refractivity contribution in [1.82, 2.24) is 9.62 Å². The van der Waals surface area contributed by atoms with Gasteiger partial charge in [0.05, 0.1) is 24.2 Å². The van der Waals surface area contributed by atoms with Gasteiger partial charge in [-0.25, -0.2) is 8.42 Å². The summed E-state index contributed by atoms with van der Waals surface area (Å²) in [6, 6.07) is 10.9. The van der Waals surface area contributed by atoms with Gasteiger partial charge in [0, 0.05) is 19.0 Å². The molecular formula is C26H36N2O5S. The van der Waals surface area contributed by atoms with E-state index in [-0.39, 0.29) is 17.9 Å². The van der Waals surface area contributed by atoms with Crippen LogP contribution < -0.4 is 14.8 Å². The third kappa shape index (κ3) is 5.91. The largest absolute Gasteiger partial charge is 0.490 e. The highest BCUT2D eigenvalue weighted by Crippen LogP contribution is 2.31. The van der Waals surface area contributed by atoms with Crippen LogP contribution in [0.15, 0.2) is 41.3 Å². The fourth-order valence-electron chi connectivity index (χ4n) is 4.34. The van der Waals surface area contributed by atoms with Crippen LogP contribution in [0.4, 0.5) is 0 Å². The molecule has 1 amide bonds. The molecule has 1 N–H and O–H groups in total. The molecule has 1 aliphatic rings. The quantitative estimate of drug-likeness (QED) is 0.566. The molecule has 3 rings (SSSR count). The molecule has 0 aromatic heterocycles. The number of nitrogens with zero attached hydrogens (tertiary/aromatic N) is 1. The van der Waals surface area contributed by atoms with E-state index >= 15 is 0 Å². The molecule has 0 spiro atoms. The Bertz CT molecular complexity index is 1110. The maximum Gasteiger partial charge on any atom is 0.243 e. The van der Waals surface area contributed by atoms with Crippen LogP contribution in [0.1, 0.15) is 56.3 Å². The van der Waals surface area contributed by atoms with Gasteiger partial charge in [0.25, 0.3) is 0 Å². The van der Waals surface area contributed by atoms with Crippen LogP contribution in [0.3, 0.4) is 0 Å². The highest BCUT2D eigenvalue weighted by molar-refractivity contribution is 7.89. The molecular weight excluding hydrogens is 452 g/mol. The molecule has 0 radical (unpaired) electrons. The van der Waals surface area contributed by atoms with Gasteiger partial charge in [-0.3, -0.25) is 4.79 Å². The lowest BCUT2D eigenvalue weighted by Crippen LogP contribution is -2.43. The Morgan fingerprint density at radius 2 is 1.68 bits per heavy atom. The van der Waals surface area contributed by atoms with Crippen LogP contribution in [-0.2, 0) is 14.8 Å². The number of hydrogen-bond acceptors (Lipinski definition) is 5. The second kappa shape index (κ2) is 11.2. The van der Waals surface area contributed by atoms with Crippen LogP contribution >= 0.6 is 0 Å². The SMILES string of the molecule is CCOc1ccc([C@@H](C)NC(=O)C2CCN(S(=O)(=O)c3ccc(C)cc3C)CC2)cc1OCC. The molecule has 7 nitrogen and oxygen atoms in total. The third-order valence-corrected chi connectivity index (χ3v) is 8.26. The van der Waals surface area contributed by atoms with E-state index in [2.05, 4.69) is 5.32 Å². The van der Waals surface area contributed by atoms with Crippen molar-refractivity contribution in [2.24, 2.45) is 5.92 Å². The summed E-state index contributed by atoms with van der Waals surface area (Å²) in [4.78, 5) is 13.3. The monoisotopic (exact) mass is 488 g/mol. The van der Waals surface area contributed by atoms with Gasteiger partial charge in [-0.2, -0.15) is 4.31 Å². The highest BCUT2D eigenvalue weighted by Gasteiger charge is 2.33. The maximum absolute atomic E-state index is 13.1. The standard InChI is InChI=1S/C26H36N2O5S/c1-6-32-23-10-9-22(17-24(23)33-7-2)20(5)27-26(29)21-12-14-28(15-13-21)34(30,31)25-11-8-18(3)16-19(25)4/h8-11,16-17,20-21H,6-7,12-15H2,1-5H3,(H,27,29)/t20-/m1/s1. The van der Waals surface area contributed by atoms with Crippen molar-refractivity contribution in [2.45, 2.75) is 58.4 Å². The van der Waals surface area contributed by atoms with Gasteiger partial charge in [0.15, 0.2) is 11.5 Å². The zero-order valence-corrected chi connectivity index (χ0v) is 21.6. The molecule has 0 saturated carbocycles. The molecule has 0 bridgehead atoms. The lowest BCUT2D eigenvalue weighted by molar-refractivity contribution is -0.126. The minimum absolute atomic E-state index is 0.0529. The average Bonchev–Trinajstić information content (AvgIpc) is 2.80. The smallest absolute Gasteiger partial charge is 0.243 e. The maximum atomic E-state index is 13.1. The van der Waals surface area contributed by atoms with Crippen molar-refractivity contribution in [3.8, 4) is 11.5 Å². The second-order valence-electron chi connectivity index (χ2n) is 8.75. The van der Waals surface area contributed by atoms with Crippen LogP contribution in [0.5, 0.6) is 11.5 Å². The van der Waals surface area contributed by atoms with Gasteiger partial charge >= 0.3 is 0 Å². The first-order valence-corrected chi connectivity index (χ1v) is 13.4. The van der Waals surface area contributed by atoms with Crippen molar-refractivity contribution < 1.29 is 22.7 Å². The number of aryl methyl sites for hydroxylation is 2. The number of sulfonamides is 1. The molecule has 1 fully saturated rings. The minimum Gasteiger partial charge on any atom is -0.490 e. The Morgan fingerprint density at radius 3 is 2.29 bits per heavy atom. The fraction of sp³-hybridized carbons (Fsp3) is 0.500. The predicted octanol–water partition coefficient (Wildman–Crippen LogP) is 4.38. The molecule has 1 atom stereocenters. The summed E-state index contributed by atoms with van der Waals surface area (Å²) in [6.45, 7) is 11.3. The van der Waals surface area contributed by atoms with Gasteiger partial charge in [-0.05, 0) is 76.8 Å². The van der Waals surface area contributed by atoms with Gasteiger partial charge < -0.3 is 14.8 Å². The molecule has 186 valence electrons. The summed E-state index contributed by atoms with van der Waals surface area (Å²) in [5.74, 6) is 1.07. The summed E-state index contributed by atoms with van der Waals surface area (Å²) < 4.78 is 39.1. The van der Waals surface area contributed by atoms with E-state index in [0.717, 1.165) is 16.7 Å². The van der Waals surface area contributed by atoms with Crippen molar-refractivity contribution in [3.05, 3.63) is 53.1 Å². The molecule has 8 heteroatoms. The van der Waals surface area contributed by atoms with Crippen molar-refractivity contribution in [1.29, 1.82) is 0 Å². The average molecular weight is 489 g/mol. The van der Waals surface area contributed by atoms with Gasteiger partial charge in [0.1, 0.15) is 0 Å². The molecule has 0 unspecified atom stereocenters. The summed E-state index contributed by atoms with van der Waals surface area (Å²) in [7, 11) is -3.57. The second-order valence-corrected chi connectivity index (χ2v) is 10.7. The number of hydrogen-bond donors (Lipinski definition) is 1. The van der Waals surface area contributed by atoms with E-state index in [0.29, 0.717) is 55.5 Å². The normalized spacial score (nSPS) is 16.1. The predicted molar refractivity (Wildman–Crippen MR) is 133 cm³/mol. The Balaban J connectivity index is 1.62.